The normalized spacial score (nSPS) is 13.7. The molecule has 0 spiro atoms. The molecule has 0 aromatic heterocycles. The molecule has 1 unspecified atom stereocenters. The molecule has 232 valence electrons. The molecule has 7 aromatic rings. The van der Waals surface area contributed by atoms with Crippen LogP contribution in [0.3, 0.4) is 0 Å². The maximum Gasteiger partial charge on any atom is 0.114 e. The summed E-state index contributed by atoms with van der Waals surface area (Å²) >= 11 is 0. The maximum atomic E-state index is 3.55. The van der Waals surface area contributed by atoms with E-state index in [-0.39, 0.29) is 6.04 Å². The van der Waals surface area contributed by atoms with E-state index < -0.39 is 0 Å². The first-order valence-electron chi connectivity index (χ1n) is 16.8. The standard InChI is InChI=1S/C48H35N/c1-35-34-43(37-14-6-3-7-15-37)29-33-48(35)49(44-19-10-17-38(26-30-44)36-12-4-2-5-13-36)45-31-27-40(28-32-45)39-22-24-42(25-23-39)47-21-11-18-41-16-8-9-20-46(41)47/h2-9,11-18,20-34,44H,1H3. The third kappa shape index (κ3) is 6.21. The van der Waals surface area contributed by atoms with Gasteiger partial charge in [-0.25, -0.2) is 0 Å². The van der Waals surface area contributed by atoms with Gasteiger partial charge in [0.2, 0.25) is 0 Å². The smallest absolute Gasteiger partial charge is 0.114 e. The Morgan fingerprint density at radius 3 is 1.84 bits per heavy atom. The van der Waals surface area contributed by atoms with Crippen LogP contribution in [-0.4, -0.2) is 6.04 Å². The molecule has 0 fully saturated rings. The fourth-order valence-electron chi connectivity index (χ4n) is 6.78. The topological polar surface area (TPSA) is 3.24 Å². The minimum atomic E-state index is -0.149. The first-order chi connectivity index (χ1) is 24.2. The van der Waals surface area contributed by atoms with Crippen LogP contribution in [0.25, 0.3) is 49.7 Å². The van der Waals surface area contributed by atoms with Crippen molar-refractivity contribution in [2.24, 2.45) is 0 Å². The van der Waals surface area contributed by atoms with E-state index in [1.165, 1.54) is 55.3 Å². The summed E-state index contributed by atoms with van der Waals surface area (Å²) in [5, 5.41) is 2.53. The van der Waals surface area contributed by atoms with Crippen LogP contribution in [0.4, 0.5) is 11.4 Å². The number of hydrogen-bond donors (Lipinski definition) is 0. The lowest BCUT2D eigenvalue weighted by atomic mass is 9.96. The third-order valence-electron chi connectivity index (χ3n) is 9.33. The van der Waals surface area contributed by atoms with E-state index in [2.05, 4.69) is 200 Å². The third-order valence-corrected chi connectivity index (χ3v) is 9.33. The Balaban J connectivity index is 1.13. The van der Waals surface area contributed by atoms with Crippen molar-refractivity contribution in [3.05, 3.63) is 199 Å². The van der Waals surface area contributed by atoms with E-state index in [1.54, 1.807) is 0 Å². The molecule has 8 rings (SSSR count). The minimum Gasteiger partial charge on any atom is -0.323 e. The number of benzene rings is 7. The molecule has 1 aliphatic carbocycles. The van der Waals surface area contributed by atoms with E-state index in [4.69, 9.17) is 0 Å². The van der Waals surface area contributed by atoms with Crippen molar-refractivity contribution < 1.29 is 0 Å². The van der Waals surface area contributed by atoms with Gasteiger partial charge in [-0.2, -0.15) is 0 Å². The second-order valence-corrected chi connectivity index (χ2v) is 12.4. The molecular weight excluding hydrogens is 591 g/mol. The first kappa shape index (κ1) is 30.0. The summed E-state index contributed by atoms with van der Waals surface area (Å²) in [6, 6.07) is 60.6. The highest BCUT2D eigenvalue weighted by molar-refractivity contribution is 5.97. The van der Waals surface area contributed by atoms with Crippen molar-refractivity contribution in [1.29, 1.82) is 0 Å². The fourth-order valence-corrected chi connectivity index (χ4v) is 6.78. The Morgan fingerprint density at radius 1 is 0.510 bits per heavy atom. The van der Waals surface area contributed by atoms with Gasteiger partial charge < -0.3 is 4.90 Å². The summed E-state index contributed by atoms with van der Waals surface area (Å²) in [4.78, 5) is 2.36. The number of allylic oxidation sites excluding steroid dienone is 3. The molecule has 1 heteroatoms. The van der Waals surface area contributed by atoms with E-state index in [9.17, 15) is 0 Å². The number of rotatable bonds is 7. The number of aryl methyl sites for hydroxylation is 1. The largest absolute Gasteiger partial charge is 0.323 e. The SMILES string of the molecule is Cc1cc(-c2ccccc2)ccc1N(c1ccc(-c2ccc(-c3cccc4ccccc34)cc2)cc1)C1C#CC=C(c2ccccc2)C=C1. The summed E-state index contributed by atoms with van der Waals surface area (Å²) < 4.78 is 0. The zero-order valence-electron chi connectivity index (χ0n) is 27.4. The van der Waals surface area contributed by atoms with Gasteiger partial charge >= 0.3 is 0 Å². The van der Waals surface area contributed by atoms with Crippen LogP contribution in [0.2, 0.25) is 0 Å². The lowest BCUT2D eigenvalue weighted by Crippen LogP contribution is -2.28. The van der Waals surface area contributed by atoms with Crippen LogP contribution in [0.5, 0.6) is 0 Å². The van der Waals surface area contributed by atoms with E-state index in [0.717, 1.165) is 16.9 Å². The van der Waals surface area contributed by atoms with Gasteiger partial charge in [-0.1, -0.05) is 164 Å². The Kier molecular flexibility index (Phi) is 8.21. The zero-order valence-corrected chi connectivity index (χ0v) is 27.4. The van der Waals surface area contributed by atoms with Gasteiger partial charge in [-0.15, -0.1) is 0 Å². The molecule has 0 N–H and O–H groups in total. The number of fused-ring (bicyclic) bond motifs is 1. The van der Waals surface area contributed by atoms with Crippen LogP contribution in [0, 0.1) is 18.8 Å². The zero-order chi connectivity index (χ0) is 33.0. The van der Waals surface area contributed by atoms with Gasteiger partial charge in [0.1, 0.15) is 6.04 Å². The monoisotopic (exact) mass is 625 g/mol. The van der Waals surface area contributed by atoms with Gasteiger partial charge in [0, 0.05) is 11.4 Å². The molecule has 1 nitrogen and oxygen atoms in total. The van der Waals surface area contributed by atoms with Crippen molar-refractivity contribution in [1.82, 2.24) is 0 Å². The Hall–Kier alpha value is -6.36. The molecule has 0 saturated carbocycles. The fraction of sp³-hybridized carbons (Fsp3) is 0.0417. The summed E-state index contributed by atoms with van der Waals surface area (Å²) in [5.41, 5.74) is 13.0. The molecular formula is C48H35N. The highest BCUT2D eigenvalue weighted by Crippen LogP contribution is 2.36. The van der Waals surface area contributed by atoms with Gasteiger partial charge in [0.05, 0.1) is 0 Å². The van der Waals surface area contributed by atoms with Crippen LogP contribution < -0.4 is 4.90 Å². The molecule has 0 heterocycles. The van der Waals surface area contributed by atoms with E-state index >= 15 is 0 Å². The Bertz CT molecular complexity index is 2360. The molecule has 0 saturated heterocycles. The summed E-state index contributed by atoms with van der Waals surface area (Å²) in [6.07, 6.45) is 6.45. The Labute approximate surface area is 289 Å². The molecule has 0 amide bonds. The van der Waals surface area contributed by atoms with E-state index in [1.807, 2.05) is 12.1 Å². The second kappa shape index (κ2) is 13.4. The summed E-state index contributed by atoms with van der Waals surface area (Å²) in [7, 11) is 0. The highest BCUT2D eigenvalue weighted by Gasteiger charge is 2.20. The number of anilines is 2. The Morgan fingerprint density at radius 2 is 1.10 bits per heavy atom. The molecule has 0 radical (unpaired) electrons. The van der Waals surface area contributed by atoms with Crippen LogP contribution in [0.15, 0.2) is 188 Å². The van der Waals surface area contributed by atoms with Gasteiger partial charge in [-0.05, 0) is 104 Å². The van der Waals surface area contributed by atoms with Crippen LogP contribution >= 0.6 is 0 Å². The average molecular weight is 626 g/mol. The van der Waals surface area contributed by atoms with Crippen LogP contribution in [0.1, 0.15) is 11.1 Å². The van der Waals surface area contributed by atoms with Crippen molar-refractivity contribution in [3.8, 4) is 45.2 Å². The van der Waals surface area contributed by atoms with Crippen molar-refractivity contribution in [2.75, 3.05) is 4.90 Å². The van der Waals surface area contributed by atoms with E-state index in [0.29, 0.717) is 0 Å². The minimum absolute atomic E-state index is 0.149. The molecule has 0 bridgehead atoms. The lowest BCUT2D eigenvalue weighted by Gasteiger charge is -2.31. The average Bonchev–Trinajstić information content (AvgIpc) is 3.43. The molecule has 1 atom stereocenters. The van der Waals surface area contributed by atoms with Crippen LogP contribution in [-0.2, 0) is 0 Å². The van der Waals surface area contributed by atoms with Gasteiger partial charge in [-0.3, -0.25) is 0 Å². The molecule has 49 heavy (non-hydrogen) atoms. The summed E-state index contributed by atoms with van der Waals surface area (Å²) in [6.45, 7) is 2.20. The lowest BCUT2D eigenvalue weighted by molar-refractivity contribution is 0.964. The molecule has 7 aromatic carbocycles. The van der Waals surface area contributed by atoms with Crippen molar-refractivity contribution in [2.45, 2.75) is 13.0 Å². The summed E-state index contributed by atoms with van der Waals surface area (Å²) in [5.74, 6) is 6.92. The highest BCUT2D eigenvalue weighted by atomic mass is 15.2. The quantitative estimate of drug-likeness (QED) is 0.159. The molecule has 1 aliphatic rings. The first-order valence-corrected chi connectivity index (χ1v) is 16.8. The van der Waals surface area contributed by atoms with Gasteiger partial charge in [0.15, 0.2) is 0 Å². The second-order valence-electron chi connectivity index (χ2n) is 12.4. The maximum absolute atomic E-state index is 3.55. The molecule has 0 aliphatic heterocycles. The van der Waals surface area contributed by atoms with Gasteiger partial charge in [0.25, 0.3) is 0 Å². The van der Waals surface area contributed by atoms with Crippen molar-refractivity contribution in [3.63, 3.8) is 0 Å². The number of hydrogen-bond acceptors (Lipinski definition) is 1. The predicted molar refractivity (Wildman–Crippen MR) is 209 cm³/mol. The number of nitrogens with zero attached hydrogens (tertiary/aromatic N) is 1. The van der Waals surface area contributed by atoms with Crippen molar-refractivity contribution >= 4 is 27.7 Å². The predicted octanol–water partition coefficient (Wildman–Crippen LogP) is 12.3.